The van der Waals surface area contributed by atoms with E-state index in [0.717, 1.165) is 25.1 Å². The highest BCUT2D eigenvalue weighted by molar-refractivity contribution is 7.20. The number of amides is 1. The lowest BCUT2D eigenvalue weighted by Gasteiger charge is -2.30. The third-order valence-electron chi connectivity index (χ3n) is 5.06. The number of rotatable bonds is 4. The smallest absolute Gasteiger partial charge is 0.264 e. The van der Waals surface area contributed by atoms with Gasteiger partial charge in [0.2, 0.25) is 5.89 Å². The van der Waals surface area contributed by atoms with Gasteiger partial charge in [-0.1, -0.05) is 19.0 Å². The molecule has 0 radical (unpaired) electrons. The molecule has 8 nitrogen and oxygen atoms in total. The van der Waals surface area contributed by atoms with E-state index in [0.29, 0.717) is 45.6 Å². The maximum absolute atomic E-state index is 13.2. The number of aromatic nitrogens is 4. The molecule has 0 spiro atoms. The second-order valence-electron chi connectivity index (χ2n) is 7.71. The van der Waals surface area contributed by atoms with E-state index in [1.165, 1.54) is 17.7 Å². The van der Waals surface area contributed by atoms with E-state index in [1.807, 2.05) is 4.90 Å². The molecule has 1 fully saturated rings. The minimum absolute atomic E-state index is 0.0438. The summed E-state index contributed by atoms with van der Waals surface area (Å²) in [5, 5.41) is 4.58. The molecule has 1 unspecified atom stereocenters. The number of carbonyl (C=O) groups excluding carboxylic acids is 1. The first-order chi connectivity index (χ1) is 13.4. The Balaban J connectivity index is 1.56. The molecule has 1 saturated heterocycles. The summed E-state index contributed by atoms with van der Waals surface area (Å²) in [6.45, 7) is 7.26. The van der Waals surface area contributed by atoms with Crippen LogP contribution in [0.3, 0.4) is 0 Å². The highest BCUT2D eigenvalue weighted by Gasteiger charge is 2.31. The van der Waals surface area contributed by atoms with Crippen molar-refractivity contribution in [2.45, 2.75) is 46.0 Å². The average Bonchev–Trinajstić information content (AvgIpc) is 3.26. The van der Waals surface area contributed by atoms with Gasteiger partial charge in [0.25, 0.3) is 11.5 Å². The van der Waals surface area contributed by atoms with Gasteiger partial charge in [-0.3, -0.25) is 9.59 Å². The van der Waals surface area contributed by atoms with Gasteiger partial charge in [-0.2, -0.15) is 4.98 Å². The van der Waals surface area contributed by atoms with Crippen molar-refractivity contribution in [3.05, 3.63) is 38.8 Å². The number of nitrogens with one attached hydrogen (secondary N) is 1. The van der Waals surface area contributed by atoms with E-state index in [-0.39, 0.29) is 17.4 Å². The summed E-state index contributed by atoms with van der Waals surface area (Å²) < 4.78 is 5.47. The molecule has 1 aliphatic heterocycles. The molecule has 9 heteroatoms. The van der Waals surface area contributed by atoms with Crippen molar-refractivity contribution in [3.63, 3.8) is 0 Å². The van der Waals surface area contributed by atoms with E-state index in [2.05, 4.69) is 34.0 Å². The van der Waals surface area contributed by atoms with Gasteiger partial charge in [0.15, 0.2) is 5.82 Å². The van der Waals surface area contributed by atoms with Gasteiger partial charge in [-0.25, -0.2) is 4.98 Å². The van der Waals surface area contributed by atoms with Gasteiger partial charge >= 0.3 is 0 Å². The molecule has 3 aromatic heterocycles. The first-order valence-electron chi connectivity index (χ1n) is 9.52. The molecular formula is C19H23N5O3S. The Labute approximate surface area is 166 Å². The maximum atomic E-state index is 13.2. The number of fused-ring (bicyclic) bond motifs is 1. The topological polar surface area (TPSA) is 105 Å². The summed E-state index contributed by atoms with van der Waals surface area (Å²) >= 11 is 1.27. The summed E-state index contributed by atoms with van der Waals surface area (Å²) in [7, 11) is 0. The van der Waals surface area contributed by atoms with E-state index in [9.17, 15) is 9.59 Å². The van der Waals surface area contributed by atoms with Crippen LogP contribution in [-0.4, -0.2) is 44.0 Å². The number of piperidine rings is 1. The number of carbonyl (C=O) groups is 1. The van der Waals surface area contributed by atoms with Crippen molar-refractivity contribution in [2.75, 3.05) is 13.1 Å². The Kier molecular flexibility index (Phi) is 5.01. The summed E-state index contributed by atoms with van der Waals surface area (Å²) in [4.78, 5) is 39.5. The van der Waals surface area contributed by atoms with Crippen molar-refractivity contribution in [1.29, 1.82) is 0 Å². The Hall–Kier alpha value is -2.55. The molecule has 1 N–H and O–H groups in total. The Bertz CT molecular complexity index is 1070. The van der Waals surface area contributed by atoms with Crippen LogP contribution < -0.4 is 5.56 Å². The monoisotopic (exact) mass is 401 g/mol. The SMILES string of the molecule is Cc1c(C(=O)N2CCCC(c3nc(CC(C)C)no3)C2)sc2nc[nH]c(=O)c12. The van der Waals surface area contributed by atoms with Gasteiger partial charge in [-0.15, -0.1) is 11.3 Å². The fourth-order valence-corrected chi connectivity index (χ4v) is 4.79. The molecule has 28 heavy (non-hydrogen) atoms. The van der Waals surface area contributed by atoms with Gasteiger partial charge in [-0.05, 0) is 31.2 Å². The zero-order chi connectivity index (χ0) is 19.8. The van der Waals surface area contributed by atoms with E-state index < -0.39 is 0 Å². The fraction of sp³-hybridized carbons (Fsp3) is 0.526. The first kappa shape index (κ1) is 18.8. The maximum Gasteiger partial charge on any atom is 0.264 e. The predicted octanol–water partition coefficient (Wildman–Crippen LogP) is 2.89. The van der Waals surface area contributed by atoms with Crippen LogP contribution in [0.15, 0.2) is 15.6 Å². The van der Waals surface area contributed by atoms with E-state index >= 15 is 0 Å². The number of nitrogens with zero attached hydrogens (tertiary/aromatic N) is 4. The second kappa shape index (κ2) is 7.46. The number of aryl methyl sites for hydroxylation is 1. The molecular weight excluding hydrogens is 378 g/mol. The van der Waals surface area contributed by atoms with Crippen LogP contribution in [0.25, 0.3) is 10.2 Å². The number of hydrogen-bond donors (Lipinski definition) is 1. The summed E-state index contributed by atoms with van der Waals surface area (Å²) in [5.41, 5.74) is 0.483. The molecule has 1 amide bonds. The van der Waals surface area contributed by atoms with Crippen LogP contribution in [0, 0.1) is 12.8 Å². The molecule has 0 aliphatic carbocycles. The minimum atomic E-state index is -0.210. The molecule has 1 aliphatic rings. The molecule has 0 saturated carbocycles. The Morgan fingerprint density at radius 3 is 3.04 bits per heavy atom. The fourth-order valence-electron chi connectivity index (χ4n) is 3.67. The Morgan fingerprint density at radius 2 is 2.29 bits per heavy atom. The van der Waals surface area contributed by atoms with Crippen molar-refractivity contribution in [3.8, 4) is 0 Å². The van der Waals surface area contributed by atoms with E-state index in [1.54, 1.807) is 6.92 Å². The van der Waals surface area contributed by atoms with Crippen molar-refractivity contribution in [2.24, 2.45) is 5.92 Å². The molecule has 4 rings (SSSR count). The minimum Gasteiger partial charge on any atom is -0.339 e. The van der Waals surface area contributed by atoms with Crippen LogP contribution in [0.2, 0.25) is 0 Å². The molecule has 0 bridgehead atoms. The van der Waals surface area contributed by atoms with Gasteiger partial charge < -0.3 is 14.4 Å². The molecule has 148 valence electrons. The lowest BCUT2D eigenvalue weighted by atomic mass is 9.97. The van der Waals surface area contributed by atoms with Crippen LogP contribution >= 0.6 is 11.3 Å². The third-order valence-corrected chi connectivity index (χ3v) is 6.25. The van der Waals surface area contributed by atoms with Crippen LogP contribution in [0.1, 0.15) is 59.6 Å². The summed E-state index contributed by atoms with van der Waals surface area (Å²) in [6, 6.07) is 0. The standard InChI is InChI=1S/C19H23N5O3S/c1-10(2)7-13-22-17(27-23-13)12-5-4-6-24(8-12)19(26)15-11(3)14-16(25)20-9-21-18(14)28-15/h9-10,12H,4-8H2,1-3H3,(H,20,21,25). The van der Waals surface area contributed by atoms with Gasteiger partial charge in [0.1, 0.15) is 4.83 Å². The van der Waals surface area contributed by atoms with Crippen LogP contribution in [0.5, 0.6) is 0 Å². The molecule has 4 heterocycles. The first-order valence-corrected chi connectivity index (χ1v) is 10.3. The lowest BCUT2D eigenvalue weighted by molar-refractivity contribution is 0.0700. The van der Waals surface area contributed by atoms with Gasteiger partial charge in [0.05, 0.1) is 22.5 Å². The van der Waals surface area contributed by atoms with Gasteiger partial charge in [0, 0.05) is 19.5 Å². The number of hydrogen-bond acceptors (Lipinski definition) is 7. The summed E-state index contributed by atoms with van der Waals surface area (Å²) in [6.07, 6.45) is 3.94. The van der Waals surface area contributed by atoms with Crippen molar-refractivity contribution < 1.29 is 9.32 Å². The predicted molar refractivity (Wildman–Crippen MR) is 106 cm³/mol. The molecule has 0 aromatic carbocycles. The highest BCUT2D eigenvalue weighted by Crippen LogP contribution is 2.31. The number of thiophene rings is 1. The lowest BCUT2D eigenvalue weighted by Crippen LogP contribution is -2.39. The average molecular weight is 401 g/mol. The van der Waals surface area contributed by atoms with Crippen LogP contribution in [-0.2, 0) is 6.42 Å². The highest BCUT2D eigenvalue weighted by atomic mass is 32.1. The zero-order valence-electron chi connectivity index (χ0n) is 16.2. The largest absolute Gasteiger partial charge is 0.339 e. The third kappa shape index (κ3) is 3.46. The molecule has 3 aromatic rings. The molecule has 1 atom stereocenters. The van der Waals surface area contributed by atoms with Crippen LogP contribution in [0.4, 0.5) is 0 Å². The van der Waals surface area contributed by atoms with Crippen molar-refractivity contribution >= 4 is 27.5 Å². The number of H-pyrrole nitrogens is 1. The quantitative estimate of drug-likeness (QED) is 0.721. The number of aromatic amines is 1. The second-order valence-corrected chi connectivity index (χ2v) is 8.70. The van der Waals surface area contributed by atoms with Crippen molar-refractivity contribution in [1.82, 2.24) is 25.0 Å². The Morgan fingerprint density at radius 1 is 1.46 bits per heavy atom. The van der Waals surface area contributed by atoms with E-state index in [4.69, 9.17) is 4.52 Å². The zero-order valence-corrected chi connectivity index (χ0v) is 17.0. The normalized spacial score (nSPS) is 17.6. The number of likely N-dealkylation sites (tertiary alicyclic amines) is 1. The summed E-state index contributed by atoms with van der Waals surface area (Å²) in [5.74, 6) is 1.77.